The summed E-state index contributed by atoms with van der Waals surface area (Å²) >= 11 is 0. The molecule has 0 aromatic carbocycles. The number of hydrogen-bond acceptors (Lipinski definition) is 4. The van der Waals surface area contributed by atoms with Gasteiger partial charge in [0.15, 0.2) is 0 Å². The highest BCUT2D eigenvalue weighted by molar-refractivity contribution is 5.70. The van der Waals surface area contributed by atoms with E-state index in [4.69, 9.17) is 4.74 Å². The second kappa shape index (κ2) is 7.51. The maximum Gasteiger partial charge on any atom is 0.410 e. The van der Waals surface area contributed by atoms with Gasteiger partial charge < -0.3 is 20.1 Å². The zero-order valence-corrected chi connectivity index (χ0v) is 14.5. The summed E-state index contributed by atoms with van der Waals surface area (Å²) in [5, 5.41) is 12.5. The molecule has 0 aromatic rings. The number of carbonyl (C=O) groups excluding carboxylic acids is 1. The number of piperidine rings is 1. The Balaban J connectivity index is 1.88. The van der Waals surface area contributed by atoms with Crippen molar-refractivity contribution in [3.05, 3.63) is 0 Å². The van der Waals surface area contributed by atoms with E-state index in [-0.39, 0.29) is 12.0 Å². The van der Waals surface area contributed by atoms with Crippen molar-refractivity contribution in [1.29, 1.82) is 0 Å². The third-order valence-corrected chi connectivity index (χ3v) is 4.82. The van der Waals surface area contributed by atoms with Gasteiger partial charge in [-0.1, -0.05) is 0 Å². The summed E-state index contributed by atoms with van der Waals surface area (Å²) in [4.78, 5) is 25.2. The second-order valence-electron chi connectivity index (χ2n) is 7.85. The molecule has 6 nitrogen and oxygen atoms in total. The summed E-state index contributed by atoms with van der Waals surface area (Å²) in [6, 6.07) is 0. The summed E-state index contributed by atoms with van der Waals surface area (Å²) in [6.45, 7) is 8.53. The zero-order valence-electron chi connectivity index (χ0n) is 14.5. The van der Waals surface area contributed by atoms with Crippen molar-refractivity contribution in [1.82, 2.24) is 10.2 Å². The summed E-state index contributed by atoms with van der Waals surface area (Å²) < 4.78 is 5.46. The summed E-state index contributed by atoms with van der Waals surface area (Å²) in [5.41, 5.74) is -0.467. The number of ether oxygens (including phenoxy) is 1. The van der Waals surface area contributed by atoms with Crippen LogP contribution >= 0.6 is 0 Å². The normalized spacial score (nSPS) is 29.7. The highest BCUT2D eigenvalue weighted by Crippen LogP contribution is 2.31. The van der Waals surface area contributed by atoms with Gasteiger partial charge >= 0.3 is 12.1 Å². The third kappa shape index (κ3) is 5.37. The summed E-state index contributed by atoms with van der Waals surface area (Å²) in [6.07, 6.45) is 3.45. The quantitative estimate of drug-likeness (QED) is 0.814. The Morgan fingerprint density at radius 2 is 1.87 bits per heavy atom. The molecule has 2 heterocycles. The van der Waals surface area contributed by atoms with Crippen molar-refractivity contribution < 1.29 is 19.4 Å². The molecule has 0 aliphatic carbocycles. The number of carboxylic acid groups (broad SMARTS) is 1. The first-order valence-electron chi connectivity index (χ1n) is 8.67. The molecule has 3 atom stereocenters. The average Bonchev–Trinajstić information content (AvgIpc) is 2.71. The molecular formula is C17H30N2O4. The lowest BCUT2D eigenvalue weighted by Gasteiger charge is -2.33. The highest BCUT2D eigenvalue weighted by Gasteiger charge is 2.33. The number of carboxylic acids is 1. The number of aliphatic carboxylic acids is 1. The van der Waals surface area contributed by atoms with E-state index < -0.39 is 11.6 Å². The van der Waals surface area contributed by atoms with E-state index in [9.17, 15) is 14.7 Å². The number of hydrogen-bond donors (Lipinski definition) is 2. The van der Waals surface area contributed by atoms with Crippen LogP contribution in [0.1, 0.15) is 46.5 Å². The fourth-order valence-electron chi connectivity index (χ4n) is 3.62. The maximum atomic E-state index is 12.2. The predicted octanol–water partition coefficient (Wildman–Crippen LogP) is 2.33. The Hall–Kier alpha value is -1.30. The van der Waals surface area contributed by atoms with Gasteiger partial charge in [-0.05, 0) is 64.8 Å². The molecule has 2 fully saturated rings. The number of nitrogens with zero attached hydrogens (tertiary/aromatic N) is 1. The largest absolute Gasteiger partial charge is 0.481 e. The van der Waals surface area contributed by atoms with E-state index in [1.165, 1.54) is 0 Å². The van der Waals surface area contributed by atoms with Crippen molar-refractivity contribution in [2.24, 2.45) is 17.8 Å². The Morgan fingerprint density at radius 3 is 2.52 bits per heavy atom. The van der Waals surface area contributed by atoms with Crippen LogP contribution in [-0.4, -0.2) is 53.8 Å². The second-order valence-corrected chi connectivity index (χ2v) is 7.85. The fraction of sp³-hybridized carbons (Fsp3) is 0.882. The third-order valence-electron chi connectivity index (χ3n) is 4.82. The van der Waals surface area contributed by atoms with Gasteiger partial charge in [-0.15, -0.1) is 0 Å². The first-order chi connectivity index (χ1) is 10.8. The minimum Gasteiger partial charge on any atom is -0.481 e. The number of amides is 1. The Morgan fingerprint density at radius 1 is 1.13 bits per heavy atom. The molecule has 2 N–H and O–H groups in total. The number of rotatable bonds is 2. The summed E-state index contributed by atoms with van der Waals surface area (Å²) in [5.74, 6) is -0.106. The molecule has 0 aromatic heterocycles. The molecule has 0 saturated carbocycles. The van der Waals surface area contributed by atoms with Crippen LogP contribution in [0.25, 0.3) is 0 Å². The summed E-state index contributed by atoms with van der Waals surface area (Å²) in [7, 11) is 0. The molecule has 0 spiro atoms. The molecular weight excluding hydrogens is 296 g/mol. The van der Waals surface area contributed by atoms with E-state index in [1.54, 1.807) is 4.90 Å². The Bertz CT molecular complexity index is 433. The van der Waals surface area contributed by atoms with Gasteiger partial charge in [-0.25, -0.2) is 4.79 Å². The fourth-order valence-corrected chi connectivity index (χ4v) is 3.62. The molecule has 2 aliphatic heterocycles. The first kappa shape index (κ1) is 18.0. The van der Waals surface area contributed by atoms with Crippen molar-refractivity contribution >= 4 is 12.1 Å². The molecule has 0 bridgehead atoms. The van der Waals surface area contributed by atoms with Gasteiger partial charge in [0, 0.05) is 19.6 Å². The van der Waals surface area contributed by atoms with Crippen LogP contribution in [0.3, 0.4) is 0 Å². The molecule has 2 rings (SSSR count). The van der Waals surface area contributed by atoms with E-state index in [1.807, 2.05) is 20.8 Å². The Labute approximate surface area is 138 Å². The smallest absolute Gasteiger partial charge is 0.410 e. The van der Waals surface area contributed by atoms with Gasteiger partial charge in [0.05, 0.1) is 5.92 Å². The molecule has 132 valence electrons. The molecule has 6 heteroatoms. The number of nitrogens with one attached hydrogen (secondary N) is 1. The van der Waals surface area contributed by atoms with Crippen molar-refractivity contribution in [3.8, 4) is 0 Å². The standard InChI is InChI=1S/C17H30N2O4/c1-17(2,3)23-16(22)19-7-4-5-12(6-8-19)13-9-14(15(20)21)11-18-10-13/h12-14,18H,4-11H2,1-3H3,(H,20,21). The molecule has 23 heavy (non-hydrogen) atoms. The van der Waals surface area contributed by atoms with Crippen LogP contribution < -0.4 is 5.32 Å². The maximum absolute atomic E-state index is 12.2. The van der Waals surface area contributed by atoms with Crippen LogP contribution in [0.2, 0.25) is 0 Å². The molecule has 2 aliphatic rings. The minimum absolute atomic E-state index is 0.233. The van der Waals surface area contributed by atoms with Crippen molar-refractivity contribution in [2.75, 3.05) is 26.2 Å². The van der Waals surface area contributed by atoms with Crippen molar-refractivity contribution in [3.63, 3.8) is 0 Å². The lowest BCUT2D eigenvalue weighted by molar-refractivity contribution is -0.143. The van der Waals surface area contributed by atoms with E-state index in [0.29, 0.717) is 24.9 Å². The van der Waals surface area contributed by atoms with Gasteiger partial charge in [0.25, 0.3) is 0 Å². The van der Waals surface area contributed by atoms with Crippen molar-refractivity contribution in [2.45, 2.75) is 52.1 Å². The van der Waals surface area contributed by atoms with Crippen LogP contribution in [0.4, 0.5) is 4.79 Å². The van der Waals surface area contributed by atoms with Gasteiger partial charge in [0.1, 0.15) is 5.60 Å². The van der Waals surface area contributed by atoms with Crippen LogP contribution in [0.15, 0.2) is 0 Å². The molecule has 0 radical (unpaired) electrons. The zero-order chi connectivity index (χ0) is 17.0. The predicted molar refractivity (Wildman–Crippen MR) is 87.3 cm³/mol. The first-order valence-corrected chi connectivity index (χ1v) is 8.67. The lowest BCUT2D eigenvalue weighted by atomic mass is 9.78. The van der Waals surface area contributed by atoms with Crippen LogP contribution in [-0.2, 0) is 9.53 Å². The monoisotopic (exact) mass is 326 g/mol. The topological polar surface area (TPSA) is 78.9 Å². The minimum atomic E-state index is -0.703. The highest BCUT2D eigenvalue weighted by atomic mass is 16.6. The number of carbonyl (C=O) groups is 2. The van der Waals surface area contributed by atoms with Gasteiger partial charge in [-0.3, -0.25) is 4.79 Å². The van der Waals surface area contributed by atoms with E-state index in [2.05, 4.69) is 5.32 Å². The van der Waals surface area contributed by atoms with Crippen LogP contribution in [0, 0.1) is 17.8 Å². The Kier molecular flexibility index (Phi) is 5.89. The lowest BCUT2D eigenvalue weighted by Crippen LogP contribution is -2.42. The van der Waals surface area contributed by atoms with E-state index in [0.717, 1.165) is 38.8 Å². The van der Waals surface area contributed by atoms with Gasteiger partial charge in [0.2, 0.25) is 0 Å². The van der Waals surface area contributed by atoms with Crippen LogP contribution in [0.5, 0.6) is 0 Å². The van der Waals surface area contributed by atoms with E-state index >= 15 is 0 Å². The molecule has 2 saturated heterocycles. The average molecular weight is 326 g/mol. The molecule has 1 amide bonds. The number of likely N-dealkylation sites (tertiary alicyclic amines) is 1. The molecule has 3 unspecified atom stereocenters. The SMILES string of the molecule is CC(C)(C)OC(=O)N1CCCC(C2CNCC(C(=O)O)C2)CC1. The van der Waals surface area contributed by atoms with Gasteiger partial charge in [-0.2, -0.15) is 0 Å².